The van der Waals surface area contributed by atoms with Crippen LogP contribution in [0.5, 0.6) is 11.5 Å². The summed E-state index contributed by atoms with van der Waals surface area (Å²) >= 11 is 0. The zero-order chi connectivity index (χ0) is 18.5. The van der Waals surface area contributed by atoms with Gasteiger partial charge in [-0.1, -0.05) is 47.7 Å². The van der Waals surface area contributed by atoms with Crippen molar-refractivity contribution in [3.63, 3.8) is 0 Å². The minimum atomic E-state index is -0.289. The number of hydrogen-bond donors (Lipinski definition) is 0. The maximum atomic E-state index is 12.9. The highest BCUT2D eigenvalue weighted by Crippen LogP contribution is 2.21. The van der Waals surface area contributed by atoms with E-state index in [1.54, 1.807) is 18.2 Å². The van der Waals surface area contributed by atoms with Gasteiger partial charge in [0.15, 0.2) is 0 Å². The molecule has 0 unspecified atom stereocenters. The molecule has 0 saturated carbocycles. The van der Waals surface area contributed by atoms with E-state index in [0.29, 0.717) is 35.6 Å². The summed E-state index contributed by atoms with van der Waals surface area (Å²) in [6.45, 7) is 0.691. The van der Waals surface area contributed by atoms with E-state index in [1.165, 1.54) is 4.68 Å². The van der Waals surface area contributed by atoms with Crippen LogP contribution in [-0.4, -0.2) is 34.1 Å². The first-order valence-electron chi connectivity index (χ1n) is 8.58. The highest BCUT2D eigenvalue weighted by molar-refractivity contribution is 6.02. The van der Waals surface area contributed by atoms with Gasteiger partial charge in [0.05, 0.1) is 11.1 Å². The van der Waals surface area contributed by atoms with Crippen molar-refractivity contribution < 1.29 is 14.3 Å². The van der Waals surface area contributed by atoms with E-state index in [1.807, 2.05) is 60.7 Å². The predicted octanol–water partition coefficient (Wildman–Crippen LogP) is 3.58. The molecule has 3 aromatic carbocycles. The number of carbonyl (C=O) groups is 1. The van der Waals surface area contributed by atoms with E-state index in [9.17, 15) is 4.79 Å². The van der Waals surface area contributed by atoms with Gasteiger partial charge in [-0.3, -0.25) is 4.79 Å². The van der Waals surface area contributed by atoms with Crippen LogP contribution in [0, 0.1) is 0 Å². The van der Waals surface area contributed by atoms with Crippen molar-refractivity contribution in [2.24, 2.45) is 0 Å². The van der Waals surface area contributed by atoms with Crippen LogP contribution >= 0.6 is 0 Å². The molecule has 0 fully saturated rings. The Morgan fingerprint density at radius 2 is 1.52 bits per heavy atom. The van der Waals surface area contributed by atoms with Crippen molar-refractivity contribution in [2.75, 3.05) is 13.2 Å². The van der Waals surface area contributed by atoms with E-state index in [-0.39, 0.29) is 5.91 Å². The number of aromatic nitrogens is 3. The Kier molecular flexibility index (Phi) is 4.78. The zero-order valence-corrected chi connectivity index (χ0v) is 14.5. The van der Waals surface area contributed by atoms with Gasteiger partial charge in [-0.05, 0) is 36.4 Å². The second kappa shape index (κ2) is 7.70. The van der Waals surface area contributed by atoms with Crippen LogP contribution in [-0.2, 0) is 0 Å². The number of hydrogen-bond acceptors (Lipinski definition) is 5. The molecule has 0 aliphatic rings. The number of carbonyl (C=O) groups excluding carboxylic acids is 1. The molecule has 0 N–H and O–H groups in total. The lowest BCUT2D eigenvalue weighted by Gasteiger charge is -2.11. The van der Waals surface area contributed by atoms with Crippen LogP contribution in [0.25, 0.3) is 11.0 Å². The predicted molar refractivity (Wildman–Crippen MR) is 101 cm³/mol. The Morgan fingerprint density at radius 1 is 0.815 bits per heavy atom. The lowest BCUT2D eigenvalue weighted by atomic mass is 10.2. The van der Waals surface area contributed by atoms with Gasteiger partial charge < -0.3 is 9.47 Å². The molecule has 0 spiro atoms. The van der Waals surface area contributed by atoms with Crippen molar-refractivity contribution >= 4 is 16.9 Å². The summed E-state index contributed by atoms with van der Waals surface area (Å²) in [7, 11) is 0. The molecule has 6 nitrogen and oxygen atoms in total. The minimum absolute atomic E-state index is 0.289. The Labute approximate surface area is 156 Å². The van der Waals surface area contributed by atoms with Crippen molar-refractivity contribution in [1.29, 1.82) is 0 Å². The van der Waals surface area contributed by atoms with Gasteiger partial charge in [-0.2, -0.15) is 4.68 Å². The van der Waals surface area contributed by atoms with Crippen LogP contribution < -0.4 is 9.47 Å². The summed E-state index contributed by atoms with van der Waals surface area (Å²) in [6, 6.07) is 23.9. The first kappa shape index (κ1) is 16.8. The molecule has 4 rings (SSSR count). The Hall–Kier alpha value is -3.67. The molecule has 27 heavy (non-hydrogen) atoms. The third-order valence-corrected chi connectivity index (χ3v) is 4.01. The van der Waals surface area contributed by atoms with Crippen LogP contribution in [0.3, 0.4) is 0 Å². The first-order chi connectivity index (χ1) is 13.3. The quantitative estimate of drug-likeness (QED) is 0.492. The summed E-state index contributed by atoms with van der Waals surface area (Å²) in [6.07, 6.45) is 0. The van der Waals surface area contributed by atoms with Crippen LogP contribution in [0.15, 0.2) is 78.9 Å². The van der Waals surface area contributed by atoms with Gasteiger partial charge in [0, 0.05) is 0 Å². The summed E-state index contributed by atoms with van der Waals surface area (Å²) in [5.41, 5.74) is 1.75. The van der Waals surface area contributed by atoms with Crippen LogP contribution in [0.2, 0.25) is 0 Å². The summed E-state index contributed by atoms with van der Waals surface area (Å²) in [5.74, 6) is 0.974. The average Bonchev–Trinajstić information content (AvgIpc) is 3.16. The van der Waals surface area contributed by atoms with E-state index in [0.717, 1.165) is 5.75 Å². The third-order valence-electron chi connectivity index (χ3n) is 4.01. The van der Waals surface area contributed by atoms with Crippen LogP contribution in [0.1, 0.15) is 10.4 Å². The third kappa shape index (κ3) is 3.64. The first-order valence-corrected chi connectivity index (χ1v) is 8.58. The van der Waals surface area contributed by atoms with E-state index < -0.39 is 0 Å². The summed E-state index contributed by atoms with van der Waals surface area (Å²) in [5, 5.41) is 8.02. The molecule has 0 amide bonds. The highest BCUT2D eigenvalue weighted by Gasteiger charge is 2.18. The standard InChI is InChI=1S/C21H17N3O3/c25-21(24-19-12-6-5-11-18(19)22-23-24)17-10-4-7-13-20(17)27-15-14-26-16-8-2-1-3-9-16/h1-13H,14-15H2. The lowest BCUT2D eigenvalue weighted by Crippen LogP contribution is -2.16. The minimum Gasteiger partial charge on any atom is -0.490 e. The van der Waals surface area contributed by atoms with Gasteiger partial charge in [-0.15, -0.1) is 5.10 Å². The molecule has 0 atom stereocenters. The molecular weight excluding hydrogens is 342 g/mol. The van der Waals surface area contributed by atoms with Crippen molar-refractivity contribution in [3.8, 4) is 11.5 Å². The maximum absolute atomic E-state index is 12.9. The second-order valence-electron chi connectivity index (χ2n) is 5.80. The van der Waals surface area contributed by atoms with E-state index in [4.69, 9.17) is 9.47 Å². The molecule has 1 aromatic heterocycles. The summed E-state index contributed by atoms with van der Waals surface area (Å²) in [4.78, 5) is 12.9. The molecule has 1 heterocycles. The largest absolute Gasteiger partial charge is 0.490 e. The highest BCUT2D eigenvalue weighted by atomic mass is 16.5. The smallest absolute Gasteiger partial charge is 0.283 e. The van der Waals surface area contributed by atoms with Gasteiger partial charge >= 0.3 is 0 Å². The van der Waals surface area contributed by atoms with E-state index in [2.05, 4.69) is 10.3 Å². The molecule has 4 aromatic rings. The maximum Gasteiger partial charge on any atom is 0.283 e. The van der Waals surface area contributed by atoms with Gasteiger partial charge in [0.2, 0.25) is 0 Å². The molecule has 0 radical (unpaired) electrons. The topological polar surface area (TPSA) is 66.2 Å². The van der Waals surface area contributed by atoms with Crippen molar-refractivity contribution in [2.45, 2.75) is 0 Å². The number of rotatable bonds is 6. The van der Waals surface area contributed by atoms with Crippen LogP contribution in [0.4, 0.5) is 0 Å². The zero-order valence-electron chi connectivity index (χ0n) is 14.5. The number of nitrogens with zero attached hydrogens (tertiary/aromatic N) is 3. The number of benzene rings is 3. The Morgan fingerprint density at radius 3 is 2.41 bits per heavy atom. The molecule has 6 heteroatoms. The fraction of sp³-hybridized carbons (Fsp3) is 0.0952. The molecule has 0 aliphatic carbocycles. The Balaban J connectivity index is 1.48. The van der Waals surface area contributed by atoms with Crippen molar-refractivity contribution in [3.05, 3.63) is 84.4 Å². The Bertz CT molecular complexity index is 1060. The number of fused-ring (bicyclic) bond motifs is 1. The van der Waals surface area contributed by atoms with Gasteiger partial charge in [0.1, 0.15) is 30.2 Å². The lowest BCUT2D eigenvalue weighted by molar-refractivity contribution is 0.0943. The number of ether oxygens (including phenoxy) is 2. The molecule has 0 saturated heterocycles. The molecule has 0 bridgehead atoms. The fourth-order valence-electron chi connectivity index (χ4n) is 2.73. The van der Waals surface area contributed by atoms with E-state index >= 15 is 0 Å². The summed E-state index contributed by atoms with van der Waals surface area (Å²) < 4.78 is 12.7. The van der Waals surface area contributed by atoms with Gasteiger partial charge in [-0.25, -0.2) is 0 Å². The monoisotopic (exact) mass is 359 g/mol. The normalized spacial score (nSPS) is 10.7. The molecule has 134 valence electrons. The SMILES string of the molecule is O=C(c1ccccc1OCCOc1ccccc1)n1nnc2ccccc21. The number of para-hydroxylation sites is 3. The molecular formula is C21H17N3O3. The second-order valence-corrected chi connectivity index (χ2v) is 5.80. The van der Waals surface area contributed by atoms with Crippen molar-refractivity contribution in [1.82, 2.24) is 15.0 Å². The van der Waals surface area contributed by atoms with Gasteiger partial charge in [0.25, 0.3) is 5.91 Å². The fourth-order valence-corrected chi connectivity index (χ4v) is 2.73. The average molecular weight is 359 g/mol. The molecule has 0 aliphatic heterocycles.